The van der Waals surface area contributed by atoms with E-state index in [2.05, 4.69) is 53.4 Å². The number of rotatable bonds is 3. The van der Waals surface area contributed by atoms with E-state index >= 15 is 0 Å². The summed E-state index contributed by atoms with van der Waals surface area (Å²) in [4.78, 5) is 2.53. The number of benzene rings is 1. The molecule has 1 atom stereocenters. The molecule has 1 heterocycles. The summed E-state index contributed by atoms with van der Waals surface area (Å²) in [6.07, 6.45) is 2.09. The van der Waals surface area contributed by atoms with Crippen LogP contribution in [0.15, 0.2) is 39.0 Å². The lowest BCUT2D eigenvalue weighted by atomic mass is 10.0. The minimum atomic E-state index is -0.0406. The maximum absolute atomic E-state index is 6.38. The van der Waals surface area contributed by atoms with Crippen LogP contribution in [-0.2, 0) is 0 Å². The lowest BCUT2D eigenvalue weighted by Gasteiger charge is -2.15. The van der Waals surface area contributed by atoms with E-state index in [0.717, 1.165) is 3.79 Å². The molecule has 0 aliphatic rings. The van der Waals surface area contributed by atoms with Crippen molar-refractivity contribution in [3.63, 3.8) is 0 Å². The Labute approximate surface area is 119 Å². The minimum absolute atomic E-state index is 0.0406. The highest BCUT2D eigenvalue weighted by atomic mass is 79.9. The van der Waals surface area contributed by atoms with Gasteiger partial charge in [-0.05, 0) is 52.4 Å². The van der Waals surface area contributed by atoms with E-state index < -0.39 is 0 Å². The van der Waals surface area contributed by atoms with Crippen LogP contribution in [0.2, 0.25) is 0 Å². The Hall–Kier alpha value is -0.290. The fourth-order valence-electron chi connectivity index (χ4n) is 1.86. The summed E-state index contributed by atoms with van der Waals surface area (Å²) in [5.41, 5.74) is 8.79. The van der Waals surface area contributed by atoms with E-state index in [9.17, 15) is 0 Å². The average molecular weight is 328 g/mol. The molecule has 2 N–H and O–H groups in total. The van der Waals surface area contributed by atoms with Gasteiger partial charge in [-0.3, -0.25) is 0 Å². The predicted octanol–water partition coefficient (Wildman–Crippen LogP) is 4.59. The molecule has 1 unspecified atom stereocenters. The maximum atomic E-state index is 6.38. The Balaban J connectivity index is 2.43. The summed E-state index contributed by atoms with van der Waals surface area (Å²) < 4.78 is 1.14. The zero-order valence-electron chi connectivity index (χ0n) is 9.74. The number of hydrogen-bond acceptors (Lipinski definition) is 3. The van der Waals surface area contributed by atoms with Crippen LogP contribution >= 0.6 is 39.0 Å². The van der Waals surface area contributed by atoms with Crippen LogP contribution in [0.1, 0.15) is 22.0 Å². The average Bonchev–Trinajstić information content (AvgIpc) is 2.67. The molecule has 4 heteroatoms. The van der Waals surface area contributed by atoms with Crippen molar-refractivity contribution < 1.29 is 0 Å². The van der Waals surface area contributed by atoms with Crippen molar-refractivity contribution in [2.24, 2.45) is 5.73 Å². The largest absolute Gasteiger partial charge is 0.320 e. The van der Waals surface area contributed by atoms with Gasteiger partial charge in [0.05, 0.1) is 9.83 Å². The Bertz CT molecular complexity index is 522. The minimum Gasteiger partial charge on any atom is -0.320 e. The van der Waals surface area contributed by atoms with E-state index in [0.29, 0.717) is 0 Å². The molecule has 0 spiro atoms. The lowest BCUT2D eigenvalue weighted by Crippen LogP contribution is -2.12. The van der Waals surface area contributed by atoms with E-state index in [-0.39, 0.29) is 6.04 Å². The summed E-state index contributed by atoms with van der Waals surface area (Å²) in [5.74, 6) is 0. The number of hydrogen-bond donors (Lipinski definition) is 1. The second-order valence-electron chi connectivity index (χ2n) is 3.78. The first-order chi connectivity index (χ1) is 8.13. The van der Waals surface area contributed by atoms with Crippen LogP contribution in [0.25, 0.3) is 0 Å². The molecule has 0 saturated heterocycles. The van der Waals surface area contributed by atoms with Gasteiger partial charge in [-0.25, -0.2) is 0 Å². The van der Waals surface area contributed by atoms with E-state index in [1.54, 1.807) is 23.1 Å². The molecule has 0 radical (unpaired) electrons. The summed E-state index contributed by atoms with van der Waals surface area (Å²) in [6, 6.07) is 10.4. The fraction of sp³-hybridized carbons (Fsp3) is 0.231. The number of nitrogens with two attached hydrogens (primary N) is 1. The predicted molar refractivity (Wildman–Crippen MR) is 81.0 cm³/mol. The van der Waals surface area contributed by atoms with Gasteiger partial charge in [-0.2, -0.15) is 0 Å². The molecule has 0 saturated carbocycles. The third kappa shape index (κ3) is 2.76. The van der Waals surface area contributed by atoms with Crippen LogP contribution in [0, 0.1) is 6.92 Å². The Morgan fingerprint density at radius 1 is 1.29 bits per heavy atom. The first-order valence-corrected chi connectivity index (χ1v) is 8.11. The van der Waals surface area contributed by atoms with Gasteiger partial charge in [0.25, 0.3) is 0 Å². The number of thioether (sulfide) groups is 1. The van der Waals surface area contributed by atoms with Crippen molar-refractivity contribution in [3.8, 4) is 0 Å². The summed E-state index contributed by atoms with van der Waals surface area (Å²) in [6.45, 7) is 2.12. The van der Waals surface area contributed by atoms with Crippen LogP contribution in [-0.4, -0.2) is 6.26 Å². The van der Waals surface area contributed by atoms with Crippen LogP contribution < -0.4 is 5.73 Å². The van der Waals surface area contributed by atoms with Crippen LogP contribution in [0.4, 0.5) is 0 Å². The van der Waals surface area contributed by atoms with Crippen molar-refractivity contribution in [2.75, 3.05) is 6.26 Å². The smallest absolute Gasteiger partial charge is 0.0704 e. The highest BCUT2D eigenvalue weighted by Gasteiger charge is 2.16. The van der Waals surface area contributed by atoms with Gasteiger partial charge in [0.2, 0.25) is 0 Å². The molecule has 1 aromatic carbocycles. The summed E-state index contributed by atoms with van der Waals surface area (Å²) in [7, 11) is 0. The third-order valence-corrected chi connectivity index (χ3v) is 5.12. The maximum Gasteiger partial charge on any atom is 0.0704 e. The zero-order chi connectivity index (χ0) is 12.4. The van der Waals surface area contributed by atoms with Gasteiger partial charge >= 0.3 is 0 Å². The van der Waals surface area contributed by atoms with Crippen molar-refractivity contribution >= 4 is 39.0 Å². The van der Waals surface area contributed by atoms with E-state index in [1.165, 1.54) is 20.9 Å². The van der Waals surface area contributed by atoms with Crippen molar-refractivity contribution in [1.29, 1.82) is 0 Å². The van der Waals surface area contributed by atoms with Gasteiger partial charge in [0, 0.05) is 9.77 Å². The standard InChI is InChI=1S/C13H14BrNS2/c1-8-10(7-12(14)17-8)13(15)9-5-3-4-6-11(9)16-2/h3-7,13H,15H2,1-2H3. The number of thiophene rings is 1. The lowest BCUT2D eigenvalue weighted by molar-refractivity contribution is 0.846. The Kier molecular flexibility index (Phi) is 4.31. The molecule has 2 aromatic rings. The molecule has 0 aliphatic heterocycles. The Morgan fingerprint density at radius 2 is 2.00 bits per heavy atom. The molecule has 17 heavy (non-hydrogen) atoms. The second-order valence-corrected chi connectivity index (χ2v) is 7.27. The molecule has 90 valence electrons. The molecule has 0 aliphatic carbocycles. The van der Waals surface area contributed by atoms with E-state index in [1.807, 2.05) is 6.07 Å². The van der Waals surface area contributed by atoms with Gasteiger partial charge < -0.3 is 5.73 Å². The van der Waals surface area contributed by atoms with Crippen molar-refractivity contribution in [1.82, 2.24) is 0 Å². The van der Waals surface area contributed by atoms with Gasteiger partial charge in [0.1, 0.15) is 0 Å². The summed E-state index contributed by atoms with van der Waals surface area (Å²) >= 11 is 7.00. The molecule has 0 fully saturated rings. The van der Waals surface area contributed by atoms with E-state index in [4.69, 9.17) is 5.73 Å². The Morgan fingerprint density at radius 3 is 2.59 bits per heavy atom. The van der Waals surface area contributed by atoms with Crippen molar-refractivity contribution in [2.45, 2.75) is 17.9 Å². The number of aryl methyl sites for hydroxylation is 1. The molecular weight excluding hydrogens is 314 g/mol. The van der Waals surface area contributed by atoms with Gasteiger partial charge in [-0.15, -0.1) is 23.1 Å². The highest BCUT2D eigenvalue weighted by molar-refractivity contribution is 9.11. The molecule has 0 amide bonds. The van der Waals surface area contributed by atoms with Crippen LogP contribution in [0.3, 0.4) is 0 Å². The number of halogens is 1. The van der Waals surface area contributed by atoms with Gasteiger partial charge in [-0.1, -0.05) is 18.2 Å². The topological polar surface area (TPSA) is 26.0 Å². The SMILES string of the molecule is CSc1ccccc1C(N)c1cc(Br)sc1C. The zero-order valence-corrected chi connectivity index (χ0v) is 13.0. The second kappa shape index (κ2) is 5.57. The first-order valence-electron chi connectivity index (χ1n) is 5.27. The van der Waals surface area contributed by atoms with Crippen molar-refractivity contribution in [3.05, 3.63) is 50.1 Å². The summed E-state index contributed by atoms with van der Waals surface area (Å²) in [5, 5.41) is 0. The fourth-order valence-corrected chi connectivity index (χ4v) is 4.26. The van der Waals surface area contributed by atoms with Crippen LogP contribution in [0.5, 0.6) is 0 Å². The first kappa shape index (κ1) is 13.1. The molecule has 2 rings (SSSR count). The highest BCUT2D eigenvalue weighted by Crippen LogP contribution is 2.35. The molecular formula is C13H14BrNS2. The van der Waals surface area contributed by atoms with Gasteiger partial charge in [0.15, 0.2) is 0 Å². The monoisotopic (exact) mass is 327 g/mol. The quantitative estimate of drug-likeness (QED) is 0.834. The third-order valence-electron chi connectivity index (χ3n) is 2.74. The molecule has 1 nitrogen and oxygen atoms in total. The molecule has 1 aromatic heterocycles. The molecule has 0 bridgehead atoms. The normalized spacial score (nSPS) is 12.7.